The number of hydrogen-bond donors (Lipinski definition) is 1. The summed E-state index contributed by atoms with van der Waals surface area (Å²) in [6.07, 6.45) is 2.29. The molecule has 0 aliphatic carbocycles. The van der Waals surface area contributed by atoms with E-state index in [9.17, 15) is 8.42 Å². The highest BCUT2D eigenvalue weighted by Gasteiger charge is 2.22. The van der Waals surface area contributed by atoms with E-state index in [0.717, 1.165) is 34.6 Å². The first-order chi connectivity index (χ1) is 15.9. The summed E-state index contributed by atoms with van der Waals surface area (Å²) in [6.45, 7) is 0.674. The zero-order chi connectivity index (χ0) is 23.0. The van der Waals surface area contributed by atoms with E-state index in [1.807, 2.05) is 24.3 Å². The Balaban J connectivity index is 1.45. The average Bonchev–Trinajstić information content (AvgIpc) is 3.51. The lowest BCUT2D eigenvalue weighted by molar-refractivity contribution is 0.417. The molecule has 33 heavy (non-hydrogen) atoms. The zero-order valence-corrected chi connectivity index (χ0v) is 19.8. The lowest BCUT2D eigenvalue weighted by atomic mass is 9.93. The summed E-state index contributed by atoms with van der Waals surface area (Å²) >= 11 is 7.32. The van der Waals surface area contributed by atoms with E-state index in [-0.39, 0.29) is 4.21 Å². The van der Waals surface area contributed by atoms with E-state index in [1.165, 1.54) is 25.0 Å². The number of anilines is 1. The van der Waals surface area contributed by atoms with Gasteiger partial charge in [0.2, 0.25) is 0 Å². The molecule has 1 N–H and O–H groups in total. The summed E-state index contributed by atoms with van der Waals surface area (Å²) in [5.74, 6) is 0.390. The zero-order valence-electron chi connectivity index (χ0n) is 17.4. The van der Waals surface area contributed by atoms with Gasteiger partial charge in [-0.05, 0) is 48.4 Å². The van der Waals surface area contributed by atoms with Crippen LogP contribution in [0, 0.1) is 0 Å². The molecular weight excluding hydrogens is 482 g/mol. The first kappa shape index (κ1) is 21.7. The SMILES string of the molecule is COc1cc(C2=NCCc3ccc(Cl)cc32)ccc1NS(=O)(=O)c1ccc(-c2ccon2)s1. The van der Waals surface area contributed by atoms with E-state index in [4.69, 9.17) is 20.9 Å². The van der Waals surface area contributed by atoms with Gasteiger partial charge in [0.1, 0.15) is 21.9 Å². The van der Waals surface area contributed by atoms with Crippen molar-refractivity contribution in [1.82, 2.24) is 5.16 Å². The Morgan fingerprint density at radius 3 is 2.79 bits per heavy atom. The molecule has 0 fully saturated rings. The maximum atomic E-state index is 13.0. The molecular formula is C23H18ClN3O4S2. The Labute approximate surface area is 199 Å². The van der Waals surface area contributed by atoms with Crippen LogP contribution in [0.5, 0.6) is 5.75 Å². The molecule has 0 atom stereocenters. The number of hydrogen-bond acceptors (Lipinski definition) is 7. The van der Waals surface area contributed by atoms with E-state index in [2.05, 4.69) is 14.9 Å². The molecule has 5 rings (SSSR count). The predicted molar refractivity (Wildman–Crippen MR) is 129 cm³/mol. The van der Waals surface area contributed by atoms with Crippen molar-refractivity contribution in [3.8, 4) is 16.3 Å². The summed E-state index contributed by atoms with van der Waals surface area (Å²) in [4.78, 5) is 5.38. The third-order valence-corrected chi connectivity index (χ3v) is 8.43. The number of nitrogens with zero attached hydrogens (tertiary/aromatic N) is 2. The fourth-order valence-corrected chi connectivity index (χ4v) is 6.18. The summed E-state index contributed by atoms with van der Waals surface area (Å²) in [6, 6.07) is 16.0. The van der Waals surface area contributed by atoms with Gasteiger partial charge in [-0.15, -0.1) is 11.3 Å². The average molecular weight is 500 g/mol. The first-order valence-corrected chi connectivity index (χ1v) is 12.7. The number of benzene rings is 2. The number of aliphatic imine (C=N–C) groups is 1. The summed E-state index contributed by atoms with van der Waals surface area (Å²) in [5, 5.41) is 4.49. The Kier molecular flexibility index (Phi) is 5.69. The number of halogens is 1. The third kappa shape index (κ3) is 4.27. The summed E-state index contributed by atoms with van der Waals surface area (Å²) < 4.78 is 39.1. The van der Waals surface area contributed by atoms with Crippen LogP contribution in [0.25, 0.3) is 10.6 Å². The molecule has 0 unspecified atom stereocenters. The molecule has 0 saturated carbocycles. The van der Waals surface area contributed by atoms with Gasteiger partial charge in [0.25, 0.3) is 10.0 Å². The Bertz CT molecular complexity index is 1460. The minimum absolute atomic E-state index is 0.159. The predicted octanol–water partition coefficient (Wildman–Crippen LogP) is 5.26. The lowest BCUT2D eigenvalue weighted by Gasteiger charge is -2.19. The van der Waals surface area contributed by atoms with Crippen LogP contribution < -0.4 is 9.46 Å². The molecule has 0 saturated heterocycles. The second-order valence-corrected chi connectivity index (χ2v) is 10.7. The number of fused-ring (bicyclic) bond motifs is 1. The normalized spacial score (nSPS) is 13.3. The molecule has 0 radical (unpaired) electrons. The van der Waals surface area contributed by atoms with Gasteiger partial charge < -0.3 is 9.26 Å². The van der Waals surface area contributed by atoms with Crippen LogP contribution in [0.2, 0.25) is 5.02 Å². The molecule has 2 aromatic heterocycles. The largest absolute Gasteiger partial charge is 0.495 e. The topological polar surface area (TPSA) is 93.8 Å². The Hall–Kier alpha value is -3.14. The van der Waals surface area contributed by atoms with E-state index in [0.29, 0.717) is 33.6 Å². The van der Waals surface area contributed by atoms with Gasteiger partial charge >= 0.3 is 0 Å². The van der Waals surface area contributed by atoms with Crippen LogP contribution in [-0.4, -0.2) is 32.9 Å². The molecule has 0 spiro atoms. The molecule has 4 aromatic rings. The number of aromatic nitrogens is 1. The molecule has 2 aromatic carbocycles. The highest BCUT2D eigenvalue weighted by atomic mass is 35.5. The van der Waals surface area contributed by atoms with E-state index in [1.54, 1.807) is 24.3 Å². The molecule has 0 amide bonds. The fourth-order valence-electron chi connectivity index (χ4n) is 3.67. The van der Waals surface area contributed by atoms with Gasteiger partial charge in [0.05, 0.1) is 23.4 Å². The van der Waals surface area contributed by atoms with Crippen LogP contribution in [0.4, 0.5) is 5.69 Å². The summed E-state index contributed by atoms with van der Waals surface area (Å²) in [5.41, 5.74) is 4.69. The molecule has 0 bridgehead atoms. The number of nitrogens with one attached hydrogen (secondary N) is 1. The molecule has 7 nitrogen and oxygen atoms in total. The monoisotopic (exact) mass is 499 g/mol. The first-order valence-electron chi connectivity index (χ1n) is 10.00. The van der Waals surface area contributed by atoms with Gasteiger partial charge in [-0.1, -0.05) is 28.9 Å². The minimum Gasteiger partial charge on any atom is -0.495 e. The van der Waals surface area contributed by atoms with Crippen molar-refractivity contribution in [3.63, 3.8) is 0 Å². The second-order valence-electron chi connectivity index (χ2n) is 7.31. The van der Waals surface area contributed by atoms with Gasteiger partial charge in [-0.2, -0.15) is 0 Å². The highest BCUT2D eigenvalue weighted by molar-refractivity contribution is 7.94. The van der Waals surface area contributed by atoms with Crippen molar-refractivity contribution < 1.29 is 17.7 Å². The van der Waals surface area contributed by atoms with Crippen molar-refractivity contribution in [1.29, 1.82) is 0 Å². The summed E-state index contributed by atoms with van der Waals surface area (Å²) in [7, 11) is -2.33. The number of thiophene rings is 1. The molecule has 10 heteroatoms. The highest BCUT2D eigenvalue weighted by Crippen LogP contribution is 2.34. The van der Waals surface area contributed by atoms with Crippen LogP contribution in [0.15, 0.2) is 74.6 Å². The number of ether oxygens (including phenoxy) is 1. The fraction of sp³-hybridized carbons (Fsp3) is 0.130. The number of methoxy groups -OCH3 is 1. The molecule has 1 aliphatic heterocycles. The van der Waals surface area contributed by atoms with Crippen molar-refractivity contribution in [2.45, 2.75) is 10.6 Å². The second kappa shape index (κ2) is 8.66. The standard InChI is InChI=1S/C23H18ClN3O4S2/c1-30-20-12-15(23-17-13-16(24)4-2-14(17)8-10-25-23)3-5-18(20)27-33(28,29)22-7-6-21(32-22)19-9-11-31-26-19/h2-7,9,11-13,27H,8,10H2,1H3. The van der Waals surface area contributed by atoms with E-state index < -0.39 is 10.0 Å². The van der Waals surface area contributed by atoms with Crippen LogP contribution in [-0.2, 0) is 16.4 Å². The van der Waals surface area contributed by atoms with Crippen molar-refractivity contribution in [2.75, 3.05) is 18.4 Å². The van der Waals surface area contributed by atoms with Crippen LogP contribution in [0.3, 0.4) is 0 Å². The van der Waals surface area contributed by atoms with Gasteiger partial charge in [0, 0.05) is 28.8 Å². The smallest absolute Gasteiger partial charge is 0.271 e. The number of sulfonamides is 1. The van der Waals surface area contributed by atoms with Crippen molar-refractivity contribution in [2.24, 2.45) is 4.99 Å². The van der Waals surface area contributed by atoms with Crippen LogP contribution in [0.1, 0.15) is 16.7 Å². The van der Waals surface area contributed by atoms with E-state index >= 15 is 0 Å². The van der Waals surface area contributed by atoms with Crippen molar-refractivity contribution in [3.05, 3.63) is 82.6 Å². The van der Waals surface area contributed by atoms with Gasteiger partial charge in [-0.3, -0.25) is 9.71 Å². The molecule has 1 aliphatic rings. The number of rotatable bonds is 6. The van der Waals surface area contributed by atoms with Crippen LogP contribution >= 0.6 is 22.9 Å². The lowest BCUT2D eigenvalue weighted by Crippen LogP contribution is -2.15. The van der Waals surface area contributed by atoms with Gasteiger partial charge in [0.15, 0.2) is 0 Å². The maximum absolute atomic E-state index is 13.0. The maximum Gasteiger partial charge on any atom is 0.271 e. The Morgan fingerprint density at radius 1 is 1.12 bits per heavy atom. The molecule has 168 valence electrons. The van der Waals surface area contributed by atoms with Crippen molar-refractivity contribution >= 4 is 44.4 Å². The minimum atomic E-state index is -3.83. The van der Waals surface area contributed by atoms with Gasteiger partial charge in [-0.25, -0.2) is 8.42 Å². The Morgan fingerprint density at radius 2 is 2.00 bits per heavy atom. The quantitative estimate of drug-likeness (QED) is 0.390. The molecule has 3 heterocycles. The third-order valence-electron chi connectivity index (χ3n) is 5.23.